The second kappa shape index (κ2) is 8.12. The maximum Gasteiger partial charge on any atom is 0.341 e. The summed E-state index contributed by atoms with van der Waals surface area (Å²) in [5, 5.41) is 8.77. The number of benzene rings is 2. The van der Waals surface area contributed by atoms with Crippen molar-refractivity contribution < 1.29 is 19.4 Å². The number of methoxy groups -OCH3 is 1. The van der Waals surface area contributed by atoms with Gasteiger partial charge in [0, 0.05) is 16.3 Å². The van der Waals surface area contributed by atoms with E-state index in [0.29, 0.717) is 15.8 Å². The summed E-state index contributed by atoms with van der Waals surface area (Å²) < 4.78 is 11.9. The summed E-state index contributed by atoms with van der Waals surface area (Å²) in [5.74, 6) is 0.130. The smallest absolute Gasteiger partial charge is 0.341 e. The Bertz CT molecular complexity index is 730. The van der Waals surface area contributed by atoms with Gasteiger partial charge in [0.2, 0.25) is 0 Å². The zero-order chi connectivity index (χ0) is 16.8. The van der Waals surface area contributed by atoms with E-state index in [1.807, 2.05) is 24.3 Å². The van der Waals surface area contributed by atoms with E-state index >= 15 is 0 Å². The zero-order valence-electron chi connectivity index (χ0n) is 12.1. The lowest BCUT2D eigenvalue weighted by Gasteiger charge is -2.10. The van der Waals surface area contributed by atoms with Gasteiger partial charge in [0.25, 0.3) is 0 Å². The van der Waals surface area contributed by atoms with Crippen molar-refractivity contribution in [3.63, 3.8) is 0 Å². The lowest BCUT2D eigenvalue weighted by atomic mass is 10.2. The number of carbonyl (C=O) groups is 1. The molecule has 120 valence electrons. The molecule has 2 aromatic rings. The summed E-state index contributed by atoms with van der Waals surface area (Å²) in [6, 6.07) is 10.8. The quantitative estimate of drug-likeness (QED) is 0.671. The average molecular weight is 443 g/mol. The van der Waals surface area contributed by atoms with Crippen LogP contribution in [0.1, 0.15) is 5.56 Å². The number of hydrogen-bond donors (Lipinski definition) is 1. The Kier molecular flexibility index (Phi) is 6.18. The van der Waals surface area contributed by atoms with E-state index in [2.05, 4.69) is 36.9 Å². The highest BCUT2D eigenvalue weighted by Crippen LogP contribution is 2.32. The highest BCUT2D eigenvalue weighted by molar-refractivity contribution is 9.11. The normalized spacial score (nSPS) is 10.7. The third-order valence-electron chi connectivity index (χ3n) is 2.80. The maximum atomic E-state index is 10.7. The Morgan fingerprint density at radius 3 is 2.57 bits per heavy atom. The lowest BCUT2D eigenvalue weighted by molar-refractivity contribution is -0.139. The molecule has 5 nitrogen and oxygen atoms in total. The van der Waals surface area contributed by atoms with E-state index in [-0.39, 0.29) is 0 Å². The van der Waals surface area contributed by atoms with Gasteiger partial charge in [-0.2, -0.15) is 0 Å². The summed E-state index contributed by atoms with van der Waals surface area (Å²) in [6.07, 6.45) is 1.62. The first kappa shape index (κ1) is 17.5. The van der Waals surface area contributed by atoms with Crippen molar-refractivity contribution in [1.29, 1.82) is 0 Å². The largest absolute Gasteiger partial charge is 0.497 e. The molecule has 2 rings (SSSR count). The van der Waals surface area contributed by atoms with Crippen LogP contribution in [0.4, 0.5) is 5.69 Å². The van der Waals surface area contributed by atoms with Crippen LogP contribution in [0.2, 0.25) is 0 Å². The van der Waals surface area contributed by atoms with Crippen molar-refractivity contribution in [2.75, 3.05) is 13.7 Å². The van der Waals surface area contributed by atoms with Crippen LogP contribution in [0.15, 0.2) is 50.3 Å². The molecule has 0 radical (unpaired) electrons. The molecular formula is C16H13Br2NO4. The maximum absolute atomic E-state index is 10.7. The van der Waals surface area contributed by atoms with Gasteiger partial charge in [-0.25, -0.2) is 4.79 Å². The molecule has 0 fully saturated rings. The van der Waals surface area contributed by atoms with Gasteiger partial charge in [-0.15, -0.1) is 0 Å². The van der Waals surface area contributed by atoms with E-state index in [9.17, 15) is 4.79 Å². The third kappa shape index (κ3) is 5.07. The van der Waals surface area contributed by atoms with Crippen molar-refractivity contribution in [1.82, 2.24) is 0 Å². The van der Waals surface area contributed by atoms with Gasteiger partial charge in [-0.3, -0.25) is 4.99 Å². The van der Waals surface area contributed by atoms with Crippen LogP contribution in [-0.2, 0) is 4.79 Å². The van der Waals surface area contributed by atoms with Gasteiger partial charge in [0.1, 0.15) is 11.5 Å². The molecule has 0 spiro atoms. The van der Waals surface area contributed by atoms with E-state index in [0.717, 1.165) is 15.9 Å². The highest BCUT2D eigenvalue weighted by Gasteiger charge is 2.10. The van der Waals surface area contributed by atoms with E-state index in [1.54, 1.807) is 25.5 Å². The number of aliphatic carboxylic acids is 1. The molecule has 0 heterocycles. The Morgan fingerprint density at radius 2 is 1.96 bits per heavy atom. The fourth-order valence-electron chi connectivity index (χ4n) is 1.77. The van der Waals surface area contributed by atoms with Crippen LogP contribution >= 0.6 is 31.9 Å². The fourth-order valence-corrected chi connectivity index (χ4v) is 3.15. The Morgan fingerprint density at radius 1 is 1.26 bits per heavy atom. The fraction of sp³-hybridized carbons (Fsp3) is 0.125. The minimum absolute atomic E-state index is 0.424. The summed E-state index contributed by atoms with van der Waals surface area (Å²) in [6.45, 7) is -0.427. The van der Waals surface area contributed by atoms with Gasteiger partial charge >= 0.3 is 5.97 Å². The van der Waals surface area contributed by atoms with Crippen LogP contribution in [-0.4, -0.2) is 31.0 Å². The predicted octanol–water partition coefficient (Wildman–Crippen LogP) is 4.43. The molecule has 0 bridgehead atoms. The monoisotopic (exact) mass is 441 g/mol. The topological polar surface area (TPSA) is 68.1 Å². The second-order valence-electron chi connectivity index (χ2n) is 4.44. The number of hydrogen-bond acceptors (Lipinski definition) is 4. The Hall–Kier alpha value is -1.86. The molecule has 2 aromatic carbocycles. The number of aliphatic imine (C=N–C) groups is 1. The molecule has 0 aliphatic heterocycles. The van der Waals surface area contributed by atoms with Crippen LogP contribution in [0, 0.1) is 0 Å². The van der Waals surface area contributed by atoms with Crippen molar-refractivity contribution in [3.8, 4) is 11.5 Å². The standard InChI is InChI=1S/C16H13Br2NO4/c1-22-13-4-2-12(3-5-13)19-8-10-6-11(17)7-14(18)16(10)23-9-15(20)21/h2-8H,9H2,1H3,(H,20,21). The highest BCUT2D eigenvalue weighted by atomic mass is 79.9. The minimum atomic E-state index is -1.04. The third-order valence-corrected chi connectivity index (χ3v) is 3.85. The number of ether oxygens (including phenoxy) is 2. The predicted molar refractivity (Wildman–Crippen MR) is 95.2 cm³/mol. The van der Waals surface area contributed by atoms with Crippen LogP contribution in [0.5, 0.6) is 11.5 Å². The molecule has 7 heteroatoms. The van der Waals surface area contributed by atoms with Crippen LogP contribution in [0.25, 0.3) is 0 Å². The number of rotatable bonds is 6. The summed E-state index contributed by atoms with van der Waals surface area (Å²) in [7, 11) is 1.60. The van der Waals surface area contributed by atoms with Gasteiger partial charge < -0.3 is 14.6 Å². The molecule has 0 amide bonds. The molecule has 23 heavy (non-hydrogen) atoms. The first-order valence-corrected chi connectivity index (χ1v) is 8.10. The number of nitrogens with zero attached hydrogens (tertiary/aromatic N) is 1. The van der Waals surface area contributed by atoms with E-state index in [1.165, 1.54) is 0 Å². The van der Waals surface area contributed by atoms with Crippen molar-refractivity contribution in [2.45, 2.75) is 0 Å². The van der Waals surface area contributed by atoms with Crippen LogP contribution < -0.4 is 9.47 Å². The molecule has 0 aromatic heterocycles. The SMILES string of the molecule is COc1ccc(N=Cc2cc(Br)cc(Br)c2OCC(=O)O)cc1. The van der Waals surface area contributed by atoms with Crippen molar-refractivity contribution >= 4 is 49.7 Å². The van der Waals surface area contributed by atoms with Gasteiger partial charge in [-0.1, -0.05) is 15.9 Å². The molecule has 0 atom stereocenters. The van der Waals surface area contributed by atoms with E-state index < -0.39 is 12.6 Å². The van der Waals surface area contributed by atoms with Crippen molar-refractivity contribution in [3.05, 3.63) is 50.9 Å². The van der Waals surface area contributed by atoms with Gasteiger partial charge in [0.05, 0.1) is 17.3 Å². The lowest BCUT2D eigenvalue weighted by Crippen LogP contribution is -2.11. The molecule has 0 unspecified atom stereocenters. The zero-order valence-corrected chi connectivity index (χ0v) is 15.3. The average Bonchev–Trinajstić information content (AvgIpc) is 2.52. The Balaban J connectivity index is 2.29. The molecule has 1 N–H and O–H groups in total. The van der Waals surface area contributed by atoms with Crippen molar-refractivity contribution in [2.24, 2.45) is 4.99 Å². The van der Waals surface area contributed by atoms with Crippen LogP contribution in [0.3, 0.4) is 0 Å². The van der Waals surface area contributed by atoms with Gasteiger partial charge in [-0.05, 0) is 52.3 Å². The number of carboxylic acids is 1. The Labute approximate surface area is 150 Å². The molecule has 0 aliphatic rings. The number of halogens is 2. The summed E-state index contributed by atoms with van der Waals surface area (Å²) in [5.41, 5.74) is 1.40. The number of carboxylic acid groups (broad SMARTS) is 1. The molecule has 0 saturated heterocycles. The first-order chi connectivity index (χ1) is 11.0. The molecular weight excluding hydrogens is 430 g/mol. The second-order valence-corrected chi connectivity index (χ2v) is 6.21. The molecule has 0 saturated carbocycles. The minimum Gasteiger partial charge on any atom is -0.497 e. The summed E-state index contributed by atoms with van der Waals surface area (Å²) in [4.78, 5) is 15.1. The van der Waals surface area contributed by atoms with Gasteiger partial charge in [0.15, 0.2) is 6.61 Å². The van der Waals surface area contributed by atoms with E-state index in [4.69, 9.17) is 14.6 Å². The molecule has 0 aliphatic carbocycles. The first-order valence-electron chi connectivity index (χ1n) is 6.51. The summed E-state index contributed by atoms with van der Waals surface area (Å²) >= 11 is 6.76.